The van der Waals surface area contributed by atoms with Crippen LogP contribution in [0.1, 0.15) is 6.92 Å². The molecule has 0 N–H and O–H groups in total. The van der Waals surface area contributed by atoms with Crippen LogP contribution in [0.4, 0.5) is 4.79 Å². The van der Waals surface area contributed by atoms with Gasteiger partial charge in [0, 0.05) is 20.3 Å². The van der Waals surface area contributed by atoms with Crippen LogP contribution in [0.15, 0.2) is 12.3 Å². The third-order valence-electron chi connectivity index (χ3n) is 1.80. The topological polar surface area (TPSA) is 23.6 Å². The van der Waals surface area contributed by atoms with Crippen molar-refractivity contribution in [3.63, 3.8) is 0 Å². The molecule has 1 aliphatic heterocycles. The lowest BCUT2D eigenvalue weighted by Gasteiger charge is -2.30. The Morgan fingerprint density at radius 1 is 1.50 bits per heavy atom. The first-order valence-corrected chi connectivity index (χ1v) is 3.31. The zero-order chi connectivity index (χ0) is 7.72. The zero-order valence-electron chi connectivity index (χ0n) is 6.53. The van der Waals surface area contributed by atoms with Gasteiger partial charge in [0.05, 0.1) is 6.04 Å². The summed E-state index contributed by atoms with van der Waals surface area (Å²) in [6.45, 7) is 1.99. The Balaban J connectivity index is 2.79. The Bertz CT molecular complexity index is 176. The summed E-state index contributed by atoms with van der Waals surface area (Å²) in [6, 6.07) is 0.277. The molecule has 0 bridgehead atoms. The van der Waals surface area contributed by atoms with Crippen molar-refractivity contribution >= 4 is 6.03 Å². The van der Waals surface area contributed by atoms with Crippen molar-refractivity contribution in [3.05, 3.63) is 12.3 Å². The number of urea groups is 1. The normalized spacial score (nSPS) is 25.9. The molecule has 0 aliphatic carbocycles. The van der Waals surface area contributed by atoms with E-state index in [0.717, 1.165) is 0 Å². The second-order valence-corrected chi connectivity index (χ2v) is 2.59. The lowest BCUT2D eigenvalue weighted by atomic mass is 10.2. The number of likely N-dealkylation sites (N-methyl/N-ethyl adjacent to an activating group) is 1. The molecule has 0 spiro atoms. The molecule has 56 valence electrons. The van der Waals surface area contributed by atoms with Crippen LogP contribution in [-0.4, -0.2) is 36.0 Å². The van der Waals surface area contributed by atoms with E-state index in [1.807, 2.05) is 13.0 Å². The van der Waals surface area contributed by atoms with Crippen LogP contribution in [0.2, 0.25) is 0 Å². The van der Waals surface area contributed by atoms with Gasteiger partial charge in [-0.3, -0.25) is 0 Å². The van der Waals surface area contributed by atoms with Crippen LogP contribution in [-0.2, 0) is 0 Å². The third-order valence-corrected chi connectivity index (χ3v) is 1.80. The van der Waals surface area contributed by atoms with Gasteiger partial charge in [0.15, 0.2) is 0 Å². The quantitative estimate of drug-likeness (QED) is 0.490. The standard InChI is InChI=1S/C7H12N2O/c1-6-4-5-8(2)7(10)9(6)3/h4-6H,1-3H3/t6-/m1/s1. The molecule has 1 atom stereocenters. The molecule has 0 aromatic rings. The molecular weight excluding hydrogens is 128 g/mol. The van der Waals surface area contributed by atoms with Crippen molar-refractivity contribution in [2.24, 2.45) is 0 Å². The van der Waals surface area contributed by atoms with Crippen molar-refractivity contribution in [1.82, 2.24) is 9.80 Å². The molecule has 10 heavy (non-hydrogen) atoms. The smallest absolute Gasteiger partial charge is 0.321 e. The van der Waals surface area contributed by atoms with Crippen molar-refractivity contribution in [2.75, 3.05) is 14.1 Å². The SMILES string of the molecule is C[C@@H]1C=CN(C)C(=O)N1C. The van der Waals surface area contributed by atoms with Crippen molar-refractivity contribution in [1.29, 1.82) is 0 Å². The minimum Gasteiger partial charge on any atom is -0.321 e. The number of amides is 2. The summed E-state index contributed by atoms with van der Waals surface area (Å²) in [7, 11) is 3.55. The van der Waals surface area contributed by atoms with Crippen LogP contribution in [0.25, 0.3) is 0 Å². The molecule has 3 nitrogen and oxygen atoms in total. The molecule has 3 heteroatoms. The fourth-order valence-corrected chi connectivity index (χ4v) is 0.870. The maximum Gasteiger partial charge on any atom is 0.323 e. The predicted octanol–water partition coefficient (Wildman–Crippen LogP) is 0.886. The molecule has 2 amide bonds. The van der Waals surface area contributed by atoms with Gasteiger partial charge in [-0.1, -0.05) is 0 Å². The fraction of sp³-hybridized carbons (Fsp3) is 0.571. The van der Waals surface area contributed by atoms with E-state index in [4.69, 9.17) is 0 Å². The first-order chi connectivity index (χ1) is 4.63. The fourth-order valence-electron chi connectivity index (χ4n) is 0.870. The molecule has 0 fully saturated rings. The Hall–Kier alpha value is -0.990. The Morgan fingerprint density at radius 3 is 2.60 bits per heavy atom. The van der Waals surface area contributed by atoms with Crippen molar-refractivity contribution in [3.8, 4) is 0 Å². The van der Waals surface area contributed by atoms with Crippen molar-refractivity contribution in [2.45, 2.75) is 13.0 Å². The number of hydrogen-bond acceptors (Lipinski definition) is 1. The van der Waals surface area contributed by atoms with E-state index >= 15 is 0 Å². The Labute approximate surface area is 60.9 Å². The molecule has 0 saturated heterocycles. The van der Waals surface area contributed by atoms with Gasteiger partial charge in [-0.05, 0) is 13.0 Å². The summed E-state index contributed by atoms with van der Waals surface area (Å²) in [4.78, 5) is 14.4. The monoisotopic (exact) mass is 140 g/mol. The van der Waals surface area contributed by atoms with Crippen LogP contribution < -0.4 is 0 Å². The predicted molar refractivity (Wildman–Crippen MR) is 39.5 cm³/mol. The number of nitrogens with zero attached hydrogens (tertiary/aromatic N) is 2. The average molecular weight is 140 g/mol. The summed E-state index contributed by atoms with van der Waals surface area (Å²) in [5.74, 6) is 0. The van der Waals surface area contributed by atoms with Gasteiger partial charge >= 0.3 is 6.03 Å². The highest BCUT2D eigenvalue weighted by atomic mass is 16.2. The van der Waals surface area contributed by atoms with Crippen LogP contribution >= 0.6 is 0 Å². The molecule has 0 aromatic heterocycles. The van der Waals surface area contributed by atoms with Crippen LogP contribution in [0.5, 0.6) is 0 Å². The van der Waals surface area contributed by atoms with E-state index in [2.05, 4.69) is 0 Å². The van der Waals surface area contributed by atoms with E-state index < -0.39 is 0 Å². The van der Waals surface area contributed by atoms with Gasteiger partial charge in [-0.2, -0.15) is 0 Å². The highest BCUT2D eigenvalue weighted by molar-refractivity contribution is 5.76. The second kappa shape index (κ2) is 2.33. The summed E-state index contributed by atoms with van der Waals surface area (Å²) in [6.07, 6.45) is 3.79. The van der Waals surface area contributed by atoms with E-state index in [0.29, 0.717) is 0 Å². The van der Waals surface area contributed by atoms with Gasteiger partial charge in [-0.25, -0.2) is 4.79 Å². The highest BCUT2D eigenvalue weighted by Gasteiger charge is 2.19. The van der Waals surface area contributed by atoms with Gasteiger partial charge in [0.25, 0.3) is 0 Å². The summed E-state index contributed by atoms with van der Waals surface area (Å²) >= 11 is 0. The molecular formula is C7H12N2O. The van der Waals surface area contributed by atoms with Gasteiger partial charge < -0.3 is 9.80 Å². The van der Waals surface area contributed by atoms with E-state index in [9.17, 15) is 4.79 Å². The molecule has 1 heterocycles. The summed E-state index contributed by atoms with van der Waals surface area (Å²) in [5.41, 5.74) is 0. The second-order valence-electron chi connectivity index (χ2n) is 2.59. The van der Waals surface area contributed by atoms with Gasteiger partial charge in [0.2, 0.25) is 0 Å². The van der Waals surface area contributed by atoms with Gasteiger partial charge in [0.1, 0.15) is 0 Å². The molecule has 1 rings (SSSR count). The lowest BCUT2D eigenvalue weighted by Crippen LogP contribution is -2.43. The first-order valence-electron chi connectivity index (χ1n) is 3.31. The minimum absolute atomic E-state index is 0.0509. The minimum atomic E-state index is 0.0509. The number of carbonyl (C=O) groups is 1. The molecule has 0 radical (unpaired) electrons. The van der Waals surface area contributed by atoms with E-state index in [-0.39, 0.29) is 12.1 Å². The number of rotatable bonds is 0. The number of hydrogen-bond donors (Lipinski definition) is 0. The lowest BCUT2D eigenvalue weighted by molar-refractivity contribution is 0.174. The molecule has 0 saturated carbocycles. The molecule has 0 unspecified atom stereocenters. The molecule has 0 aromatic carbocycles. The van der Waals surface area contributed by atoms with E-state index in [1.165, 1.54) is 0 Å². The van der Waals surface area contributed by atoms with Crippen molar-refractivity contribution < 1.29 is 4.79 Å². The largest absolute Gasteiger partial charge is 0.323 e. The Kier molecular flexibility index (Phi) is 1.66. The molecule has 1 aliphatic rings. The average Bonchev–Trinajstić information content (AvgIpc) is 1.93. The van der Waals surface area contributed by atoms with Gasteiger partial charge in [-0.15, -0.1) is 0 Å². The van der Waals surface area contributed by atoms with E-state index in [1.54, 1.807) is 30.1 Å². The maximum absolute atomic E-state index is 11.1. The Morgan fingerprint density at radius 2 is 2.10 bits per heavy atom. The summed E-state index contributed by atoms with van der Waals surface area (Å²) in [5, 5.41) is 0. The maximum atomic E-state index is 11.1. The highest BCUT2D eigenvalue weighted by Crippen LogP contribution is 2.07. The van der Waals surface area contributed by atoms with Crippen LogP contribution in [0, 0.1) is 0 Å². The zero-order valence-corrected chi connectivity index (χ0v) is 6.53. The number of carbonyl (C=O) groups excluding carboxylic acids is 1. The van der Waals surface area contributed by atoms with Crippen LogP contribution in [0.3, 0.4) is 0 Å². The summed E-state index contributed by atoms with van der Waals surface area (Å²) < 4.78 is 0. The third kappa shape index (κ3) is 0.988. The first kappa shape index (κ1) is 7.12.